The van der Waals surface area contributed by atoms with Gasteiger partial charge in [0, 0.05) is 0 Å². The number of carbonyl (C=O) groups excluding carboxylic acids is 2. The van der Waals surface area contributed by atoms with Gasteiger partial charge in [-0.15, -0.1) is 0 Å². The third-order valence-corrected chi connectivity index (χ3v) is 4.30. The van der Waals surface area contributed by atoms with E-state index in [0.717, 1.165) is 10.5 Å². The number of amides is 3. The highest BCUT2D eigenvalue weighted by atomic mass is 19.1. The predicted molar refractivity (Wildman–Crippen MR) is 90.7 cm³/mol. The fourth-order valence-corrected chi connectivity index (χ4v) is 2.77. The van der Waals surface area contributed by atoms with Crippen LogP contribution in [0.2, 0.25) is 0 Å². The van der Waals surface area contributed by atoms with Gasteiger partial charge in [-0.3, -0.25) is 9.69 Å². The van der Waals surface area contributed by atoms with Gasteiger partial charge < -0.3 is 10.1 Å². The average Bonchev–Trinajstić information content (AvgIpc) is 2.81. The SMILES string of the molecule is Cc1ccc(OCCN2C(=O)NC(C)(c3ccc(F)cc3)C2=O)cc1. The van der Waals surface area contributed by atoms with Crippen molar-refractivity contribution in [1.82, 2.24) is 10.2 Å². The Bertz CT molecular complexity index is 789. The van der Waals surface area contributed by atoms with E-state index in [1.54, 1.807) is 6.92 Å². The average molecular weight is 342 g/mol. The van der Waals surface area contributed by atoms with Crippen LogP contribution in [0.25, 0.3) is 0 Å². The van der Waals surface area contributed by atoms with Crippen molar-refractivity contribution >= 4 is 11.9 Å². The van der Waals surface area contributed by atoms with E-state index >= 15 is 0 Å². The van der Waals surface area contributed by atoms with Crippen LogP contribution in [0.4, 0.5) is 9.18 Å². The van der Waals surface area contributed by atoms with Crippen molar-refractivity contribution < 1.29 is 18.7 Å². The van der Waals surface area contributed by atoms with E-state index in [-0.39, 0.29) is 19.1 Å². The zero-order chi connectivity index (χ0) is 18.0. The number of urea groups is 1. The maximum absolute atomic E-state index is 13.1. The molecule has 2 aromatic carbocycles. The monoisotopic (exact) mass is 342 g/mol. The topological polar surface area (TPSA) is 58.6 Å². The number of benzene rings is 2. The Hall–Kier alpha value is -2.89. The highest BCUT2D eigenvalue weighted by Crippen LogP contribution is 2.28. The molecule has 0 aromatic heterocycles. The highest BCUT2D eigenvalue weighted by molar-refractivity contribution is 6.07. The number of imide groups is 1. The van der Waals surface area contributed by atoms with E-state index in [2.05, 4.69) is 5.32 Å². The molecule has 1 aliphatic heterocycles. The van der Waals surface area contributed by atoms with Crippen LogP contribution in [0.5, 0.6) is 5.75 Å². The van der Waals surface area contributed by atoms with Crippen molar-refractivity contribution in [1.29, 1.82) is 0 Å². The Kier molecular flexibility index (Phi) is 4.44. The first-order valence-corrected chi connectivity index (χ1v) is 8.00. The van der Waals surface area contributed by atoms with Crippen molar-refractivity contribution in [2.75, 3.05) is 13.2 Å². The molecule has 130 valence electrons. The second-order valence-electron chi connectivity index (χ2n) is 6.18. The van der Waals surface area contributed by atoms with Gasteiger partial charge in [0.05, 0.1) is 6.54 Å². The largest absolute Gasteiger partial charge is 0.492 e. The minimum Gasteiger partial charge on any atom is -0.492 e. The number of carbonyl (C=O) groups is 2. The van der Waals surface area contributed by atoms with Crippen LogP contribution in [0.15, 0.2) is 48.5 Å². The summed E-state index contributed by atoms with van der Waals surface area (Å²) in [6.45, 7) is 3.92. The summed E-state index contributed by atoms with van der Waals surface area (Å²) >= 11 is 0. The number of halogens is 1. The summed E-state index contributed by atoms with van der Waals surface area (Å²) in [5.74, 6) is -0.0944. The van der Waals surface area contributed by atoms with Gasteiger partial charge in [0.2, 0.25) is 0 Å². The molecule has 3 amide bonds. The summed E-state index contributed by atoms with van der Waals surface area (Å²) in [6.07, 6.45) is 0. The minimum absolute atomic E-state index is 0.134. The fraction of sp³-hybridized carbons (Fsp3) is 0.263. The Labute approximate surface area is 145 Å². The lowest BCUT2D eigenvalue weighted by molar-refractivity contribution is -0.131. The molecule has 1 heterocycles. The van der Waals surface area contributed by atoms with Crippen LogP contribution in [0, 0.1) is 12.7 Å². The molecular weight excluding hydrogens is 323 g/mol. The lowest BCUT2D eigenvalue weighted by Gasteiger charge is -2.22. The maximum atomic E-state index is 13.1. The maximum Gasteiger partial charge on any atom is 0.325 e. The smallest absolute Gasteiger partial charge is 0.325 e. The molecule has 5 nitrogen and oxygen atoms in total. The zero-order valence-corrected chi connectivity index (χ0v) is 14.1. The van der Waals surface area contributed by atoms with Gasteiger partial charge in [0.1, 0.15) is 23.7 Å². The summed E-state index contributed by atoms with van der Waals surface area (Å²) in [4.78, 5) is 26.0. The molecule has 3 rings (SSSR count). The van der Waals surface area contributed by atoms with Crippen molar-refractivity contribution in [2.45, 2.75) is 19.4 Å². The Morgan fingerprint density at radius 1 is 1.08 bits per heavy atom. The molecule has 0 bridgehead atoms. The van der Waals surface area contributed by atoms with Crippen molar-refractivity contribution in [3.63, 3.8) is 0 Å². The van der Waals surface area contributed by atoms with Crippen molar-refractivity contribution in [2.24, 2.45) is 0 Å². The lowest BCUT2D eigenvalue weighted by Crippen LogP contribution is -2.41. The van der Waals surface area contributed by atoms with E-state index in [0.29, 0.717) is 11.3 Å². The summed E-state index contributed by atoms with van der Waals surface area (Å²) in [5, 5.41) is 2.68. The van der Waals surface area contributed by atoms with Gasteiger partial charge in [0.15, 0.2) is 0 Å². The van der Waals surface area contributed by atoms with Gasteiger partial charge in [-0.1, -0.05) is 29.8 Å². The molecule has 1 atom stereocenters. The molecule has 1 saturated heterocycles. The van der Waals surface area contributed by atoms with Gasteiger partial charge >= 0.3 is 6.03 Å². The first kappa shape index (κ1) is 17.0. The molecule has 0 spiro atoms. The van der Waals surface area contributed by atoms with E-state index < -0.39 is 17.4 Å². The van der Waals surface area contributed by atoms with Crippen LogP contribution in [-0.4, -0.2) is 30.0 Å². The normalized spacial score (nSPS) is 19.9. The summed E-state index contributed by atoms with van der Waals surface area (Å²) in [7, 11) is 0. The predicted octanol–water partition coefficient (Wildman–Crippen LogP) is 2.98. The second kappa shape index (κ2) is 6.55. The zero-order valence-electron chi connectivity index (χ0n) is 14.1. The Morgan fingerprint density at radius 2 is 1.72 bits per heavy atom. The number of aryl methyl sites for hydroxylation is 1. The van der Waals surface area contributed by atoms with Crippen LogP contribution in [-0.2, 0) is 10.3 Å². The van der Waals surface area contributed by atoms with E-state index in [1.807, 2.05) is 31.2 Å². The summed E-state index contributed by atoms with van der Waals surface area (Å²) in [6, 6.07) is 12.6. The second-order valence-corrected chi connectivity index (χ2v) is 6.18. The first-order chi connectivity index (χ1) is 11.9. The van der Waals surface area contributed by atoms with Gasteiger partial charge in [-0.2, -0.15) is 0 Å². The van der Waals surface area contributed by atoms with Gasteiger partial charge in [0.25, 0.3) is 5.91 Å². The lowest BCUT2D eigenvalue weighted by atomic mass is 9.92. The molecule has 0 aliphatic carbocycles. The molecule has 0 radical (unpaired) electrons. The number of ether oxygens (including phenoxy) is 1. The van der Waals surface area contributed by atoms with Crippen LogP contribution in [0.1, 0.15) is 18.1 Å². The highest BCUT2D eigenvalue weighted by Gasteiger charge is 2.48. The standard InChI is InChI=1S/C19H19FN2O3/c1-13-3-9-16(10-4-13)25-12-11-22-17(23)19(2,21-18(22)24)14-5-7-15(20)8-6-14/h3-10H,11-12H2,1-2H3,(H,21,24). The number of hydrogen-bond acceptors (Lipinski definition) is 3. The van der Waals surface area contributed by atoms with E-state index in [4.69, 9.17) is 4.74 Å². The minimum atomic E-state index is -1.20. The third-order valence-electron chi connectivity index (χ3n) is 4.30. The molecule has 6 heteroatoms. The van der Waals surface area contributed by atoms with Crippen LogP contribution >= 0.6 is 0 Å². The molecule has 1 aliphatic rings. The number of rotatable bonds is 5. The van der Waals surface area contributed by atoms with E-state index in [9.17, 15) is 14.0 Å². The molecular formula is C19H19FN2O3. The van der Waals surface area contributed by atoms with Gasteiger partial charge in [-0.05, 0) is 43.7 Å². The molecule has 2 aromatic rings. The van der Waals surface area contributed by atoms with Crippen molar-refractivity contribution in [3.8, 4) is 5.75 Å². The van der Waals surface area contributed by atoms with Gasteiger partial charge in [-0.25, -0.2) is 9.18 Å². The quantitative estimate of drug-likeness (QED) is 0.850. The molecule has 25 heavy (non-hydrogen) atoms. The van der Waals surface area contributed by atoms with Crippen LogP contribution in [0.3, 0.4) is 0 Å². The summed E-state index contributed by atoms with van der Waals surface area (Å²) < 4.78 is 18.7. The number of nitrogens with zero attached hydrogens (tertiary/aromatic N) is 1. The van der Waals surface area contributed by atoms with E-state index in [1.165, 1.54) is 24.3 Å². The number of nitrogens with one attached hydrogen (secondary N) is 1. The molecule has 1 unspecified atom stereocenters. The fourth-order valence-electron chi connectivity index (χ4n) is 2.77. The summed E-state index contributed by atoms with van der Waals surface area (Å²) in [5.41, 5.74) is 0.458. The Balaban J connectivity index is 1.66. The molecule has 0 saturated carbocycles. The molecule has 1 fully saturated rings. The number of hydrogen-bond donors (Lipinski definition) is 1. The van der Waals surface area contributed by atoms with Crippen molar-refractivity contribution in [3.05, 3.63) is 65.5 Å². The Morgan fingerprint density at radius 3 is 2.36 bits per heavy atom. The third kappa shape index (κ3) is 3.33. The first-order valence-electron chi connectivity index (χ1n) is 8.00. The molecule has 1 N–H and O–H groups in total. The van der Waals surface area contributed by atoms with Crippen LogP contribution < -0.4 is 10.1 Å².